The Balaban J connectivity index is 2.45. The standard InChI is InChI=1S/C12H15F2N3/c1-3-17-11(15)16-7-12(17,2)8-4-9(13)6-10(14)5-8/h4-6H,3,7H2,1-2H3,(H2,15,16). The first kappa shape index (κ1) is 11.8. The van der Waals surface area contributed by atoms with E-state index in [2.05, 4.69) is 4.99 Å². The zero-order valence-electron chi connectivity index (χ0n) is 9.87. The molecule has 0 bridgehead atoms. The van der Waals surface area contributed by atoms with Gasteiger partial charge in [-0.3, -0.25) is 4.99 Å². The number of hydrogen-bond donors (Lipinski definition) is 1. The summed E-state index contributed by atoms with van der Waals surface area (Å²) in [7, 11) is 0. The summed E-state index contributed by atoms with van der Waals surface area (Å²) in [6, 6.07) is 3.53. The van der Waals surface area contributed by atoms with Gasteiger partial charge in [0.1, 0.15) is 11.6 Å². The van der Waals surface area contributed by atoms with Crippen molar-refractivity contribution in [3.63, 3.8) is 0 Å². The monoisotopic (exact) mass is 239 g/mol. The van der Waals surface area contributed by atoms with E-state index in [-0.39, 0.29) is 0 Å². The van der Waals surface area contributed by atoms with Crippen LogP contribution in [0.3, 0.4) is 0 Å². The van der Waals surface area contributed by atoms with Crippen LogP contribution in [-0.2, 0) is 5.54 Å². The maximum absolute atomic E-state index is 13.3. The number of aliphatic imine (C=N–C) groups is 1. The van der Waals surface area contributed by atoms with Crippen molar-refractivity contribution >= 4 is 5.96 Å². The first-order valence-electron chi connectivity index (χ1n) is 5.51. The van der Waals surface area contributed by atoms with Crippen molar-refractivity contribution in [1.82, 2.24) is 4.90 Å². The molecule has 92 valence electrons. The lowest BCUT2D eigenvalue weighted by Gasteiger charge is -2.35. The summed E-state index contributed by atoms with van der Waals surface area (Å²) >= 11 is 0. The van der Waals surface area contributed by atoms with Gasteiger partial charge in [0.05, 0.1) is 12.1 Å². The SMILES string of the molecule is CCN1C(N)=NCC1(C)c1cc(F)cc(F)c1. The molecule has 0 saturated carbocycles. The van der Waals surface area contributed by atoms with Crippen LogP contribution < -0.4 is 5.73 Å². The Labute approximate surface area is 98.9 Å². The summed E-state index contributed by atoms with van der Waals surface area (Å²) in [5.41, 5.74) is 5.76. The van der Waals surface area contributed by atoms with E-state index in [0.717, 1.165) is 6.07 Å². The first-order valence-corrected chi connectivity index (χ1v) is 5.51. The van der Waals surface area contributed by atoms with Gasteiger partial charge in [0, 0.05) is 12.6 Å². The van der Waals surface area contributed by atoms with E-state index in [1.807, 2.05) is 18.7 Å². The van der Waals surface area contributed by atoms with Crippen LogP contribution in [0.2, 0.25) is 0 Å². The van der Waals surface area contributed by atoms with Gasteiger partial charge < -0.3 is 10.6 Å². The van der Waals surface area contributed by atoms with E-state index >= 15 is 0 Å². The maximum Gasteiger partial charge on any atom is 0.192 e. The topological polar surface area (TPSA) is 41.6 Å². The van der Waals surface area contributed by atoms with Crippen molar-refractivity contribution in [2.24, 2.45) is 10.7 Å². The number of halogens is 2. The van der Waals surface area contributed by atoms with Crippen molar-refractivity contribution in [3.05, 3.63) is 35.4 Å². The second-order valence-electron chi connectivity index (χ2n) is 4.35. The largest absolute Gasteiger partial charge is 0.370 e. The van der Waals surface area contributed by atoms with Crippen molar-refractivity contribution in [2.45, 2.75) is 19.4 Å². The molecule has 3 nitrogen and oxygen atoms in total. The molecular formula is C12H15F2N3. The van der Waals surface area contributed by atoms with Crippen molar-refractivity contribution in [2.75, 3.05) is 13.1 Å². The lowest BCUT2D eigenvalue weighted by molar-refractivity contribution is 0.233. The fourth-order valence-corrected chi connectivity index (χ4v) is 2.28. The van der Waals surface area contributed by atoms with Gasteiger partial charge in [0.2, 0.25) is 0 Å². The summed E-state index contributed by atoms with van der Waals surface area (Å²) in [5, 5.41) is 0. The van der Waals surface area contributed by atoms with Gasteiger partial charge in [-0.05, 0) is 31.5 Å². The van der Waals surface area contributed by atoms with Crippen LogP contribution in [0, 0.1) is 11.6 Å². The van der Waals surface area contributed by atoms with Crippen LogP contribution in [-0.4, -0.2) is 23.9 Å². The summed E-state index contributed by atoms with van der Waals surface area (Å²) < 4.78 is 26.5. The highest BCUT2D eigenvalue weighted by atomic mass is 19.1. The molecule has 0 spiro atoms. The molecule has 0 amide bonds. The minimum absolute atomic E-state index is 0.412. The summed E-state index contributed by atoms with van der Waals surface area (Å²) in [6.07, 6.45) is 0. The zero-order valence-corrected chi connectivity index (χ0v) is 9.87. The van der Waals surface area contributed by atoms with Crippen LogP contribution in [0.25, 0.3) is 0 Å². The fourth-order valence-electron chi connectivity index (χ4n) is 2.28. The quantitative estimate of drug-likeness (QED) is 0.855. The van der Waals surface area contributed by atoms with Crippen LogP contribution in [0.1, 0.15) is 19.4 Å². The van der Waals surface area contributed by atoms with Gasteiger partial charge in [0.15, 0.2) is 5.96 Å². The third-order valence-electron chi connectivity index (χ3n) is 3.22. The molecule has 0 aliphatic carbocycles. The maximum atomic E-state index is 13.3. The number of benzene rings is 1. The molecule has 1 atom stereocenters. The fraction of sp³-hybridized carbons (Fsp3) is 0.417. The Hall–Kier alpha value is -1.65. The van der Waals surface area contributed by atoms with Crippen molar-refractivity contribution in [1.29, 1.82) is 0 Å². The number of guanidine groups is 1. The summed E-state index contributed by atoms with van der Waals surface area (Å²) in [4.78, 5) is 6.00. The minimum atomic E-state index is -0.581. The van der Waals surface area contributed by atoms with E-state index in [0.29, 0.717) is 24.6 Å². The predicted molar refractivity (Wildman–Crippen MR) is 62.6 cm³/mol. The smallest absolute Gasteiger partial charge is 0.192 e. The summed E-state index contributed by atoms with van der Waals surface area (Å²) in [5.74, 6) is -0.745. The minimum Gasteiger partial charge on any atom is -0.370 e. The zero-order chi connectivity index (χ0) is 12.6. The van der Waals surface area contributed by atoms with Gasteiger partial charge >= 0.3 is 0 Å². The molecule has 0 radical (unpaired) electrons. The molecule has 1 aliphatic heterocycles. The highest BCUT2D eigenvalue weighted by molar-refractivity contribution is 5.81. The van der Waals surface area contributed by atoms with Crippen molar-refractivity contribution in [3.8, 4) is 0 Å². The van der Waals surface area contributed by atoms with E-state index in [4.69, 9.17) is 5.73 Å². The number of rotatable bonds is 2. The summed E-state index contributed by atoms with van der Waals surface area (Å²) in [6.45, 7) is 4.87. The van der Waals surface area contributed by atoms with Crippen LogP contribution in [0.5, 0.6) is 0 Å². The average molecular weight is 239 g/mol. The number of nitrogens with zero attached hydrogens (tertiary/aromatic N) is 2. The first-order chi connectivity index (χ1) is 7.97. The lowest BCUT2D eigenvalue weighted by atomic mass is 9.91. The van der Waals surface area contributed by atoms with Gasteiger partial charge in [-0.2, -0.15) is 0 Å². The molecule has 2 N–H and O–H groups in total. The Morgan fingerprint density at radius 3 is 2.47 bits per heavy atom. The second-order valence-corrected chi connectivity index (χ2v) is 4.35. The van der Waals surface area contributed by atoms with E-state index in [1.54, 1.807) is 0 Å². The number of hydrogen-bond acceptors (Lipinski definition) is 3. The lowest BCUT2D eigenvalue weighted by Crippen LogP contribution is -2.47. The van der Waals surface area contributed by atoms with Gasteiger partial charge in [0.25, 0.3) is 0 Å². The predicted octanol–water partition coefficient (Wildman–Crippen LogP) is 1.83. The Bertz CT molecular complexity index is 453. The molecule has 5 heteroatoms. The molecule has 1 aliphatic rings. The van der Waals surface area contributed by atoms with Crippen molar-refractivity contribution < 1.29 is 8.78 Å². The molecule has 0 aromatic heterocycles. The third-order valence-corrected chi connectivity index (χ3v) is 3.22. The molecule has 17 heavy (non-hydrogen) atoms. The van der Waals surface area contributed by atoms with E-state index in [1.165, 1.54) is 12.1 Å². The number of likely N-dealkylation sites (N-methyl/N-ethyl adjacent to an activating group) is 1. The van der Waals surface area contributed by atoms with E-state index < -0.39 is 17.2 Å². The molecule has 1 aromatic carbocycles. The molecule has 1 heterocycles. The molecular weight excluding hydrogens is 224 g/mol. The van der Waals surface area contributed by atoms with Gasteiger partial charge in [-0.1, -0.05) is 0 Å². The van der Waals surface area contributed by atoms with E-state index in [9.17, 15) is 8.78 Å². The molecule has 1 aromatic rings. The molecule has 0 saturated heterocycles. The molecule has 2 rings (SSSR count). The van der Waals surface area contributed by atoms with Crippen LogP contribution in [0.4, 0.5) is 8.78 Å². The highest BCUT2D eigenvalue weighted by Gasteiger charge is 2.39. The van der Waals surface area contributed by atoms with Gasteiger partial charge in [-0.15, -0.1) is 0 Å². The van der Waals surface area contributed by atoms with Crippen LogP contribution >= 0.6 is 0 Å². The number of nitrogens with two attached hydrogens (primary N) is 1. The normalized spacial score (nSPS) is 24.0. The van der Waals surface area contributed by atoms with Gasteiger partial charge in [-0.25, -0.2) is 8.78 Å². The Kier molecular flexibility index (Phi) is 2.77. The Morgan fingerprint density at radius 1 is 1.35 bits per heavy atom. The second kappa shape index (κ2) is 3.98. The van der Waals surface area contributed by atoms with Crippen LogP contribution in [0.15, 0.2) is 23.2 Å². The molecule has 0 fully saturated rings. The highest BCUT2D eigenvalue weighted by Crippen LogP contribution is 2.33. The molecule has 1 unspecified atom stereocenters. The third kappa shape index (κ3) is 1.85. The average Bonchev–Trinajstić information content (AvgIpc) is 2.54. The Morgan fingerprint density at radius 2 is 1.94 bits per heavy atom.